The highest BCUT2D eigenvalue weighted by molar-refractivity contribution is 5.01. The van der Waals surface area contributed by atoms with Gasteiger partial charge in [0, 0.05) is 37.4 Å². The van der Waals surface area contributed by atoms with Gasteiger partial charge in [-0.1, -0.05) is 13.8 Å². The molecule has 2 rings (SSSR count). The molecule has 2 unspecified atom stereocenters. The molecule has 1 aromatic rings. The van der Waals surface area contributed by atoms with E-state index >= 15 is 0 Å². The highest BCUT2D eigenvalue weighted by Gasteiger charge is 2.33. The lowest BCUT2D eigenvalue weighted by Gasteiger charge is -2.45. The Labute approximate surface area is 110 Å². The molecule has 2 heterocycles. The van der Waals surface area contributed by atoms with Gasteiger partial charge >= 0.3 is 0 Å². The zero-order chi connectivity index (χ0) is 13.0. The van der Waals surface area contributed by atoms with E-state index in [9.17, 15) is 0 Å². The summed E-state index contributed by atoms with van der Waals surface area (Å²) in [6, 6.07) is 2.62. The van der Waals surface area contributed by atoms with E-state index < -0.39 is 0 Å². The van der Waals surface area contributed by atoms with E-state index in [4.69, 9.17) is 0 Å². The second-order valence-electron chi connectivity index (χ2n) is 5.46. The third-order valence-corrected chi connectivity index (χ3v) is 4.09. The predicted molar refractivity (Wildman–Crippen MR) is 73.2 cm³/mol. The Kier molecular flexibility index (Phi) is 4.30. The molecule has 0 saturated carbocycles. The first-order chi connectivity index (χ1) is 8.67. The van der Waals surface area contributed by atoms with Gasteiger partial charge in [-0.15, -0.1) is 0 Å². The molecule has 1 aromatic heterocycles. The molecule has 0 bridgehead atoms. The lowest BCUT2D eigenvalue weighted by molar-refractivity contribution is 0.0744. The first-order valence-corrected chi connectivity index (χ1v) is 6.91. The lowest BCUT2D eigenvalue weighted by Crippen LogP contribution is -2.62. The molecule has 0 amide bonds. The maximum absolute atomic E-state index is 4.34. The van der Waals surface area contributed by atoms with E-state index in [1.165, 1.54) is 6.42 Å². The predicted octanol–water partition coefficient (Wildman–Crippen LogP) is 1.83. The van der Waals surface area contributed by atoms with Gasteiger partial charge in [0.2, 0.25) is 0 Å². The van der Waals surface area contributed by atoms with Crippen LogP contribution in [0.5, 0.6) is 0 Å². The van der Waals surface area contributed by atoms with E-state index in [0.717, 1.165) is 31.7 Å². The van der Waals surface area contributed by atoms with Gasteiger partial charge in [-0.2, -0.15) is 0 Å². The fourth-order valence-corrected chi connectivity index (χ4v) is 2.57. The van der Waals surface area contributed by atoms with Crippen molar-refractivity contribution in [2.24, 2.45) is 0 Å². The van der Waals surface area contributed by atoms with Crippen molar-refractivity contribution in [3.8, 4) is 0 Å². The second kappa shape index (κ2) is 5.76. The summed E-state index contributed by atoms with van der Waals surface area (Å²) in [5.41, 5.74) is 1.35. The molecule has 1 N–H and O–H groups in total. The molecule has 1 fully saturated rings. The SMILES string of the molecule is CCC1CNC(C)(CC)CN1Cc1ccncn1. The lowest BCUT2D eigenvalue weighted by atomic mass is 9.92. The van der Waals surface area contributed by atoms with E-state index in [2.05, 4.69) is 41.0 Å². The molecule has 100 valence electrons. The molecule has 2 atom stereocenters. The summed E-state index contributed by atoms with van der Waals surface area (Å²) in [4.78, 5) is 10.9. The maximum atomic E-state index is 4.34. The van der Waals surface area contributed by atoms with Gasteiger partial charge in [0.15, 0.2) is 0 Å². The Hall–Kier alpha value is -1.00. The quantitative estimate of drug-likeness (QED) is 0.882. The Bertz CT molecular complexity index is 367. The minimum absolute atomic E-state index is 0.235. The van der Waals surface area contributed by atoms with Crippen LogP contribution in [0.1, 0.15) is 39.3 Å². The van der Waals surface area contributed by atoms with E-state index in [1.54, 1.807) is 6.33 Å². The van der Waals surface area contributed by atoms with Crippen LogP contribution < -0.4 is 5.32 Å². The fourth-order valence-electron chi connectivity index (χ4n) is 2.57. The number of hydrogen-bond donors (Lipinski definition) is 1. The molecule has 0 radical (unpaired) electrons. The van der Waals surface area contributed by atoms with Crippen LogP contribution in [0.2, 0.25) is 0 Å². The summed E-state index contributed by atoms with van der Waals surface area (Å²) in [5, 5.41) is 3.69. The highest BCUT2D eigenvalue weighted by atomic mass is 15.3. The third-order valence-electron chi connectivity index (χ3n) is 4.09. The second-order valence-corrected chi connectivity index (χ2v) is 5.46. The minimum Gasteiger partial charge on any atom is -0.309 e. The molecular formula is C14H24N4. The van der Waals surface area contributed by atoms with Gasteiger partial charge in [-0.05, 0) is 25.8 Å². The highest BCUT2D eigenvalue weighted by Crippen LogP contribution is 2.21. The van der Waals surface area contributed by atoms with Crippen molar-refractivity contribution in [2.75, 3.05) is 13.1 Å². The molecular weight excluding hydrogens is 224 g/mol. The summed E-state index contributed by atoms with van der Waals surface area (Å²) < 4.78 is 0. The summed E-state index contributed by atoms with van der Waals surface area (Å²) in [5.74, 6) is 0. The van der Waals surface area contributed by atoms with Gasteiger partial charge < -0.3 is 5.32 Å². The van der Waals surface area contributed by atoms with Crippen molar-refractivity contribution >= 4 is 0 Å². The molecule has 18 heavy (non-hydrogen) atoms. The number of rotatable bonds is 4. The molecule has 4 heteroatoms. The number of piperazine rings is 1. The van der Waals surface area contributed by atoms with Crippen molar-refractivity contribution in [3.05, 3.63) is 24.3 Å². The first kappa shape index (κ1) is 13.4. The summed E-state index contributed by atoms with van der Waals surface area (Å²) in [6.45, 7) is 9.91. The van der Waals surface area contributed by atoms with E-state index in [1.807, 2.05) is 12.3 Å². The van der Waals surface area contributed by atoms with Gasteiger partial charge in [0.05, 0.1) is 5.69 Å². The Morgan fingerprint density at radius 1 is 1.50 bits per heavy atom. The Balaban J connectivity index is 2.07. The Morgan fingerprint density at radius 2 is 2.33 bits per heavy atom. The van der Waals surface area contributed by atoms with Crippen molar-refractivity contribution in [1.82, 2.24) is 20.2 Å². The van der Waals surface area contributed by atoms with E-state index in [-0.39, 0.29) is 5.54 Å². The fraction of sp³-hybridized carbons (Fsp3) is 0.714. The largest absolute Gasteiger partial charge is 0.309 e. The Morgan fingerprint density at radius 3 is 2.94 bits per heavy atom. The van der Waals surface area contributed by atoms with Crippen LogP contribution >= 0.6 is 0 Å². The smallest absolute Gasteiger partial charge is 0.115 e. The summed E-state index contributed by atoms with van der Waals surface area (Å²) >= 11 is 0. The van der Waals surface area contributed by atoms with Gasteiger partial charge in [0.25, 0.3) is 0 Å². The molecule has 1 aliphatic heterocycles. The number of nitrogens with zero attached hydrogens (tertiary/aromatic N) is 3. The topological polar surface area (TPSA) is 41.0 Å². The molecule has 4 nitrogen and oxygen atoms in total. The van der Waals surface area contributed by atoms with Crippen LogP contribution in [0.4, 0.5) is 0 Å². The zero-order valence-corrected chi connectivity index (χ0v) is 11.7. The molecule has 0 spiro atoms. The average Bonchev–Trinajstić information content (AvgIpc) is 2.40. The maximum Gasteiger partial charge on any atom is 0.115 e. The van der Waals surface area contributed by atoms with Gasteiger partial charge in [-0.25, -0.2) is 9.97 Å². The normalized spacial score (nSPS) is 29.4. The molecule has 0 aliphatic carbocycles. The van der Waals surface area contributed by atoms with Crippen molar-refractivity contribution in [3.63, 3.8) is 0 Å². The third kappa shape index (κ3) is 3.06. The van der Waals surface area contributed by atoms with E-state index in [0.29, 0.717) is 6.04 Å². The van der Waals surface area contributed by atoms with Crippen LogP contribution in [-0.2, 0) is 6.54 Å². The monoisotopic (exact) mass is 248 g/mol. The van der Waals surface area contributed by atoms with Crippen molar-refractivity contribution in [1.29, 1.82) is 0 Å². The van der Waals surface area contributed by atoms with Crippen LogP contribution in [0.15, 0.2) is 18.6 Å². The van der Waals surface area contributed by atoms with Crippen LogP contribution in [0, 0.1) is 0 Å². The summed E-state index contributed by atoms with van der Waals surface area (Å²) in [7, 11) is 0. The van der Waals surface area contributed by atoms with Crippen LogP contribution in [-0.4, -0.2) is 39.5 Å². The minimum atomic E-state index is 0.235. The van der Waals surface area contributed by atoms with Gasteiger partial charge in [0.1, 0.15) is 6.33 Å². The molecule has 1 aliphatic rings. The van der Waals surface area contributed by atoms with Crippen molar-refractivity contribution in [2.45, 2.75) is 51.7 Å². The summed E-state index contributed by atoms with van der Waals surface area (Å²) in [6.07, 6.45) is 5.80. The number of nitrogens with one attached hydrogen (secondary N) is 1. The number of hydrogen-bond acceptors (Lipinski definition) is 4. The van der Waals surface area contributed by atoms with Crippen molar-refractivity contribution < 1.29 is 0 Å². The standard InChI is InChI=1S/C14H24N4/c1-4-13-8-17-14(3,5-2)10-18(13)9-12-6-7-15-11-16-12/h6-7,11,13,17H,4-5,8-10H2,1-3H3. The molecule has 1 saturated heterocycles. The average molecular weight is 248 g/mol. The zero-order valence-electron chi connectivity index (χ0n) is 11.7. The first-order valence-electron chi connectivity index (χ1n) is 6.91. The van der Waals surface area contributed by atoms with Crippen LogP contribution in [0.25, 0.3) is 0 Å². The van der Waals surface area contributed by atoms with Gasteiger partial charge in [-0.3, -0.25) is 4.90 Å². The molecule has 0 aromatic carbocycles. The van der Waals surface area contributed by atoms with Crippen LogP contribution in [0.3, 0.4) is 0 Å². The number of aromatic nitrogens is 2.